The number of hydrogen-bond donors (Lipinski definition) is 0. The van der Waals surface area contributed by atoms with Gasteiger partial charge in [0.1, 0.15) is 11.2 Å². The number of benzene rings is 8. The van der Waals surface area contributed by atoms with Crippen molar-refractivity contribution in [3.8, 4) is 45.3 Å². The highest BCUT2D eigenvalue weighted by molar-refractivity contribution is 6.22. The number of furan rings is 1. The Bertz CT molecular complexity index is 2890. The second-order valence-corrected chi connectivity index (χ2v) is 12.3. The van der Waals surface area contributed by atoms with Gasteiger partial charge in [-0.3, -0.25) is 0 Å². The molecule has 228 valence electrons. The Labute approximate surface area is 282 Å². The first-order valence-corrected chi connectivity index (χ1v) is 16.5. The third kappa shape index (κ3) is 4.42. The van der Waals surface area contributed by atoms with Crippen molar-refractivity contribution in [2.45, 2.75) is 0 Å². The molecule has 49 heavy (non-hydrogen) atoms. The van der Waals surface area contributed by atoms with E-state index >= 15 is 0 Å². The van der Waals surface area contributed by atoms with E-state index in [0.29, 0.717) is 17.5 Å². The third-order valence-corrected chi connectivity index (χ3v) is 9.52. The first-order chi connectivity index (χ1) is 24.3. The van der Waals surface area contributed by atoms with Crippen molar-refractivity contribution in [1.82, 2.24) is 15.0 Å². The maximum absolute atomic E-state index is 6.30. The molecule has 0 radical (unpaired) electrons. The summed E-state index contributed by atoms with van der Waals surface area (Å²) in [5, 5.41) is 8.99. The van der Waals surface area contributed by atoms with Crippen LogP contribution in [0.1, 0.15) is 0 Å². The average molecular weight is 626 g/mol. The first kappa shape index (κ1) is 27.5. The van der Waals surface area contributed by atoms with Gasteiger partial charge in [-0.15, -0.1) is 0 Å². The Morgan fingerprint density at radius 3 is 1.76 bits per heavy atom. The normalized spacial score (nSPS) is 11.7. The zero-order valence-corrected chi connectivity index (χ0v) is 26.3. The fraction of sp³-hybridized carbons (Fsp3) is 0. The van der Waals surface area contributed by atoms with Crippen molar-refractivity contribution in [2.75, 3.05) is 0 Å². The second-order valence-electron chi connectivity index (χ2n) is 12.3. The van der Waals surface area contributed by atoms with Crippen molar-refractivity contribution in [3.63, 3.8) is 0 Å². The Balaban J connectivity index is 1.34. The van der Waals surface area contributed by atoms with Gasteiger partial charge in [0, 0.05) is 32.8 Å². The molecule has 2 aromatic heterocycles. The van der Waals surface area contributed by atoms with E-state index in [-0.39, 0.29) is 0 Å². The Kier molecular flexibility index (Phi) is 6.15. The molecule has 0 saturated carbocycles. The summed E-state index contributed by atoms with van der Waals surface area (Å²) >= 11 is 0. The van der Waals surface area contributed by atoms with Crippen molar-refractivity contribution < 1.29 is 4.42 Å². The number of hydrogen-bond acceptors (Lipinski definition) is 4. The van der Waals surface area contributed by atoms with Crippen LogP contribution in [0.25, 0.3) is 99.5 Å². The summed E-state index contributed by atoms with van der Waals surface area (Å²) in [5.74, 6) is 1.84. The van der Waals surface area contributed by atoms with E-state index in [1.54, 1.807) is 0 Å². The van der Waals surface area contributed by atoms with Crippen LogP contribution in [0.4, 0.5) is 0 Å². The molecule has 8 aromatic carbocycles. The Morgan fingerprint density at radius 2 is 0.918 bits per heavy atom. The maximum atomic E-state index is 6.30. The van der Waals surface area contributed by atoms with Gasteiger partial charge in [-0.2, -0.15) is 0 Å². The summed E-state index contributed by atoms with van der Waals surface area (Å²) in [6.45, 7) is 0. The minimum absolute atomic E-state index is 0.599. The fourth-order valence-electron chi connectivity index (χ4n) is 7.30. The van der Waals surface area contributed by atoms with Crippen LogP contribution < -0.4 is 0 Å². The maximum Gasteiger partial charge on any atom is 0.164 e. The molecule has 0 unspecified atom stereocenters. The Morgan fingerprint density at radius 1 is 0.327 bits per heavy atom. The van der Waals surface area contributed by atoms with Gasteiger partial charge in [0.05, 0.1) is 0 Å². The van der Waals surface area contributed by atoms with E-state index in [9.17, 15) is 0 Å². The quantitative estimate of drug-likeness (QED) is 0.183. The molecule has 0 spiro atoms. The minimum Gasteiger partial charge on any atom is -0.456 e. The van der Waals surface area contributed by atoms with Crippen molar-refractivity contribution >= 4 is 54.3 Å². The van der Waals surface area contributed by atoms with Gasteiger partial charge in [0.2, 0.25) is 0 Å². The van der Waals surface area contributed by atoms with Crippen molar-refractivity contribution in [3.05, 3.63) is 164 Å². The molecule has 0 aliphatic rings. The lowest BCUT2D eigenvalue weighted by Gasteiger charge is -2.15. The third-order valence-electron chi connectivity index (χ3n) is 9.52. The lowest BCUT2D eigenvalue weighted by atomic mass is 9.92. The van der Waals surface area contributed by atoms with Crippen LogP contribution in [0.5, 0.6) is 0 Å². The molecule has 10 rings (SSSR count). The van der Waals surface area contributed by atoms with Gasteiger partial charge < -0.3 is 4.42 Å². The van der Waals surface area contributed by atoms with E-state index in [0.717, 1.165) is 65.9 Å². The van der Waals surface area contributed by atoms with Gasteiger partial charge in [-0.25, -0.2) is 15.0 Å². The SMILES string of the molecule is c1ccc(-c2ccccc2-c2nc(-c3cccc4oc5ccccc5c34)nc(-c3cc4ccccc4c4ccc5ccccc5c34)n2)cc1. The van der Waals surface area contributed by atoms with Crippen LogP contribution >= 0.6 is 0 Å². The highest BCUT2D eigenvalue weighted by atomic mass is 16.3. The predicted molar refractivity (Wildman–Crippen MR) is 201 cm³/mol. The van der Waals surface area contributed by atoms with Crippen LogP contribution in [0.3, 0.4) is 0 Å². The molecular formula is C45H27N3O. The molecule has 0 atom stereocenters. The lowest BCUT2D eigenvalue weighted by molar-refractivity contribution is 0.669. The fourth-order valence-corrected chi connectivity index (χ4v) is 7.30. The molecule has 10 aromatic rings. The number of rotatable bonds is 4. The topological polar surface area (TPSA) is 51.8 Å². The van der Waals surface area contributed by atoms with Gasteiger partial charge in [-0.05, 0) is 56.3 Å². The molecule has 4 nitrogen and oxygen atoms in total. The summed E-state index contributed by atoms with van der Waals surface area (Å²) in [6, 6.07) is 56.8. The van der Waals surface area contributed by atoms with Crippen LogP contribution in [0.2, 0.25) is 0 Å². The summed E-state index contributed by atoms with van der Waals surface area (Å²) in [7, 11) is 0. The molecule has 0 amide bonds. The molecule has 0 fully saturated rings. The molecule has 2 heterocycles. The lowest BCUT2D eigenvalue weighted by Crippen LogP contribution is -2.02. The second kappa shape index (κ2) is 11.0. The zero-order chi connectivity index (χ0) is 32.3. The van der Waals surface area contributed by atoms with E-state index in [1.165, 1.54) is 16.2 Å². The zero-order valence-electron chi connectivity index (χ0n) is 26.3. The van der Waals surface area contributed by atoms with Crippen LogP contribution in [0, 0.1) is 0 Å². The largest absolute Gasteiger partial charge is 0.456 e. The van der Waals surface area contributed by atoms with E-state index in [2.05, 4.69) is 121 Å². The average Bonchev–Trinajstić information content (AvgIpc) is 3.56. The molecule has 0 saturated heterocycles. The van der Waals surface area contributed by atoms with Gasteiger partial charge >= 0.3 is 0 Å². The number of nitrogens with zero attached hydrogens (tertiary/aromatic N) is 3. The monoisotopic (exact) mass is 625 g/mol. The molecule has 0 aliphatic carbocycles. The number of para-hydroxylation sites is 1. The van der Waals surface area contributed by atoms with E-state index < -0.39 is 0 Å². The standard InChI is InChI=1S/C45H27N3O/c1-2-13-28(14-3-1)31-17-8-9-20-35(31)43-46-44(37-22-12-24-40-42(37)36-21-10-11-23-39(36)49-40)48-45(47-43)38-27-30-16-5-6-18-32(30)34-26-25-29-15-4-7-19-33(29)41(34)38/h1-27H. The highest BCUT2D eigenvalue weighted by Crippen LogP contribution is 2.41. The van der Waals surface area contributed by atoms with Crippen LogP contribution in [0.15, 0.2) is 168 Å². The predicted octanol–water partition coefficient (Wildman–Crippen LogP) is 11.9. The highest BCUT2D eigenvalue weighted by Gasteiger charge is 2.21. The molecule has 4 heteroatoms. The van der Waals surface area contributed by atoms with Gasteiger partial charge in [0.25, 0.3) is 0 Å². The first-order valence-electron chi connectivity index (χ1n) is 16.5. The van der Waals surface area contributed by atoms with E-state index in [1.807, 2.05) is 42.5 Å². The van der Waals surface area contributed by atoms with Gasteiger partial charge in [0.15, 0.2) is 17.5 Å². The Hall–Kier alpha value is -6.65. The molecule has 0 N–H and O–H groups in total. The van der Waals surface area contributed by atoms with Crippen LogP contribution in [-0.4, -0.2) is 15.0 Å². The minimum atomic E-state index is 0.599. The molecule has 0 aliphatic heterocycles. The summed E-state index contributed by atoms with van der Waals surface area (Å²) in [5.41, 5.74) is 6.61. The van der Waals surface area contributed by atoms with Crippen molar-refractivity contribution in [1.29, 1.82) is 0 Å². The summed E-state index contributed by atoms with van der Waals surface area (Å²) in [6.07, 6.45) is 0. The van der Waals surface area contributed by atoms with Crippen molar-refractivity contribution in [2.24, 2.45) is 0 Å². The summed E-state index contributed by atoms with van der Waals surface area (Å²) < 4.78 is 6.30. The number of aromatic nitrogens is 3. The van der Waals surface area contributed by atoms with Gasteiger partial charge in [-0.1, -0.05) is 146 Å². The smallest absolute Gasteiger partial charge is 0.164 e. The molecular weight excluding hydrogens is 599 g/mol. The molecule has 0 bridgehead atoms. The van der Waals surface area contributed by atoms with E-state index in [4.69, 9.17) is 19.4 Å². The number of fused-ring (bicyclic) bond motifs is 8. The summed E-state index contributed by atoms with van der Waals surface area (Å²) in [4.78, 5) is 15.9. The van der Waals surface area contributed by atoms with Crippen LogP contribution in [-0.2, 0) is 0 Å².